The minimum absolute atomic E-state index is 0.618. The highest BCUT2D eigenvalue weighted by atomic mass is 32.1. The van der Waals surface area contributed by atoms with E-state index in [4.69, 9.17) is 0 Å². The fourth-order valence-electron chi connectivity index (χ4n) is 0.678. The van der Waals surface area contributed by atoms with E-state index in [1.165, 1.54) is 11.3 Å². The molecule has 0 bridgehead atoms. The van der Waals surface area contributed by atoms with Crippen molar-refractivity contribution in [1.29, 1.82) is 0 Å². The molecule has 0 saturated carbocycles. The van der Waals surface area contributed by atoms with Crippen LogP contribution in [0.25, 0.3) is 0 Å². The van der Waals surface area contributed by atoms with Crippen molar-refractivity contribution in [3.63, 3.8) is 0 Å². The number of carbonyl (C=O) groups excluding carboxylic acids is 2. The topological polar surface area (TPSA) is 34.1 Å². The van der Waals surface area contributed by atoms with Crippen molar-refractivity contribution < 1.29 is 9.59 Å². The second kappa shape index (κ2) is 2.75. The van der Waals surface area contributed by atoms with Crippen LogP contribution in [0.1, 0.15) is 25.6 Å². The molecule has 0 amide bonds. The Hall–Kier alpha value is -0.960. The lowest BCUT2D eigenvalue weighted by atomic mass is 10.2. The lowest BCUT2D eigenvalue weighted by Gasteiger charge is -1.85. The Morgan fingerprint density at radius 2 is 2.10 bits per heavy atom. The summed E-state index contributed by atoms with van der Waals surface area (Å²) in [6, 6.07) is 0. The average Bonchev–Trinajstić information content (AvgIpc) is 2.30. The number of aldehydes is 2. The van der Waals surface area contributed by atoms with Crippen LogP contribution >= 0.6 is 11.3 Å². The molecule has 2 nitrogen and oxygen atoms in total. The Labute approximate surface area is 62.5 Å². The maximum Gasteiger partial charge on any atom is 0.160 e. The van der Waals surface area contributed by atoms with Gasteiger partial charge >= 0.3 is 0 Å². The molecule has 0 atom stereocenters. The normalized spacial score (nSPS) is 9.30. The second-order valence-corrected chi connectivity index (χ2v) is 2.83. The minimum Gasteiger partial charge on any atom is -0.298 e. The van der Waals surface area contributed by atoms with Gasteiger partial charge in [-0.2, -0.15) is 0 Å². The monoisotopic (exact) mass is 154 g/mol. The second-order valence-electron chi connectivity index (χ2n) is 1.92. The molecule has 0 N–H and O–H groups in total. The SMILES string of the molecule is Cc1c(C=O)csc1C=O. The van der Waals surface area contributed by atoms with Crippen LogP contribution in [-0.2, 0) is 0 Å². The van der Waals surface area contributed by atoms with Crippen LogP contribution in [0.15, 0.2) is 5.38 Å². The first kappa shape index (κ1) is 7.15. The van der Waals surface area contributed by atoms with Crippen molar-refractivity contribution in [3.05, 3.63) is 21.4 Å². The largest absolute Gasteiger partial charge is 0.298 e. The van der Waals surface area contributed by atoms with Gasteiger partial charge < -0.3 is 0 Å². The molecule has 0 aliphatic carbocycles. The Bertz CT molecular complexity index is 237. The number of hydrogen-bond acceptors (Lipinski definition) is 3. The van der Waals surface area contributed by atoms with Gasteiger partial charge in [-0.3, -0.25) is 9.59 Å². The van der Waals surface area contributed by atoms with Crippen LogP contribution in [0.2, 0.25) is 0 Å². The highest BCUT2D eigenvalue weighted by molar-refractivity contribution is 7.12. The molecule has 0 radical (unpaired) electrons. The van der Waals surface area contributed by atoms with E-state index in [1.807, 2.05) is 0 Å². The van der Waals surface area contributed by atoms with E-state index in [-0.39, 0.29) is 0 Å². The fourth-order valence-corrected chi connectivity index (χ4v) is 1.51. The van der Waals surface area contributed by atoms with Gasteiger partial charge in [-0.1, -0.05) is 0 Å². The first-order valence-corrected chi connectivity index (χ1v) is 3.66. The minimum atomic E-state index is 0.618. The summed E-state index contributed by atoms with van der Waals surface area (Å²) in [6.07, 6.45) is 1.53. The molecule has 1 heterocycles. The molecular weight excluding hydrogens is 148 g/mol. The predicted molar refractivity (Wildman–Crippen MR) is 39.8 cm³/mol. The van der Waals surface area contributed by atoms with Crippen molar-refractivity contribution in [1.82, 2.24) is 0 Å². The van der Waals surface area contributed by atoms with Crippen molar-refractivity contribution in [2.45, 2.75) is 6.92 Å². The molecule has 0 spiro atoms. The summed E-state index contributed by atoms with van der Waals surface area (Å²) in [4.78, 5) is 21.1. The van der Waals surface area contributed by atoms with E-state index in [0.29, 0.717) is 10.4 Å². The Morgan fingerprint density at radius 1 is 1.40 bits per heavy atom. The maximum absolute atomic E-state index is 10.3. The molecule has 0 fully saturated rings. The van der Waals surface area contributed by atoms with Crippen LogP contribution in [0, 0.1) is 6.92 Å². The molecule has 0 aromatic carbocycles. The molecule has 0 aliphatic rings. The van der Waals surface area contributed by atoms with E-state index < -0.39 is 0 Å². The van der Waals surface area contributed by atoms with Crippen molar-refractivity contribution in [3.8, 4) is 0 Å². The van der Waals surface area contributed by atoms with Crippen LogP contribution in [0.5, 0.6) is 0 Å². The molecule has 0 saturated heterocycles. The first-order valence-electron chi connectivity index (χ1n) is 2.78. The van der Waals surface area contributed by atoms with Crippen molar-refractivity contribution >= 4 is 23.9 Å². The van der Waals surface area contributed by atoms with Crippen LogP contribution in [0.4, 0.5) is 0 Å². The molecule has 0 unspecified atom stereocenters. The number of rotatable bonds is 2. The zero-order valence-corrected chi connectivity index (χ0v) is 6.27. The maximum atomic E-state index is 10.3. The molecule has 1 aromatic heterocycles. The van der Waals surface area contributed by atoms with Crippen LogP contribution in [-0.4, -0.2) is 12.6 Å². The summed E-state index contributed by atoms with van der Waals surface area (Å²) >= 11 is 1.30. The summed E-state index contributed by atoms with van der Waals surface area (Å²) in [6.45, 7) is 1.77. The fraction of sp³-hybridized carbons (Fsp3) is 0.143. The molecule has 1 rings (SSSR count). The van der Waals surface area contributed by atoms with E-state index in [1.54, 1.807) is 12.3 Å². The van der Waals surface area contributed by atoms with Gasteiger partial charge in [0.15, 0.2) is 12.6 Å². The van der Waals surface area contributed by atoms with Gasteiger partial charge in [0, 0.05) is 10.9 Å². The third-order valence-corrected chi connectivity index (χ3v) is 2.38. The predicted octanol–water partition coefficient (Wildman–Crippen LogP) is 1.68. The van der Waals surface area contributed by atoms with Crippen LogP contribution in [0.3, 0.4) is 0 Å². The van der Waals surface area contributed by atoms with Crippen LogP contribution < -0.4 is 0 Å². The van der Waals surface area contributed by atoms with Crippen molar-refractivity contribution in [2.75, 3.05) is 0 Å². The van der Waals surface area contributed by atoms with Gasteiger partial charge in [0.2, 0.25) is 0 Å². The average molecular weight is 154 g/mol. The quantitative estimate of drug-likeness (QED) is 0.607. The summed E-state index contributed by atoms with van der Waals surface area (Å²) in [5.74, 6) is 0. The number of carbonyl (C=O) groups is 2. The summed E-state index contributed by atoms with van der Waals surface area (Å²) in [7, 11) is 0. The van der Waals surface area contributed by atoms with E-state index in [0.717, 1.165) is 18.1 Å². The molecule has 0 aliphatic heterocycles. The van der Waals surface area contributed by atoms with Gasteiger partial charge in [0.25, 0.3) is 0 Å². The highest BCUT2D eigenvalue weighted by Crippen LogP contribution is 2.17. The van der Waals surface area contributed by atoms with E-state index >= 15 is 0 Å². The van der Waals surface area contributed by atoms with Gasteiger partial charge in [-0.25, -0.2) is 0 Å². The van der Waals surface area contributed by atoms with E-state index in [9.17, 15) is 9.59 Å². The third kappa shape index (κ3) is 0.998. The Balaban J connectivity index is 3.20. The molecule has 1 aromatic rings. The third-order valence-electron chi connectivity index (χ3n) is 1.35. The van der Waals surface area contributed by atoms with Crippen molar-refractivity contribution in [2.24, 2.45) is 0 Å². The molecule has 52 valence electrons. The molecule has 10 heavy (non-hydrogen) atoms. The first-order chi connectivity index (χ1) is 4.79. The summed E-state index contributed by atoms with van der Waals surface area (Å²) in [5, 5.41) is 1.69. The Kier molecular flexibility index (Phi) is 1.97. The zero-order chi connectivity index (χ0) is 7.56. The molecular formula is C7H6O2S. The standard InChI is InChI=1S/C7H6O2S/c1-5-6(2-8)4-10-7(5)3-9/h2-4H,1H3. The van der Waals surface area contributed by atoms with Gasteiger partial charge in [0.1, 0.15) is 0 Å². The summed E-state index contributed by atoms with van der Waals surface area (Å²) in [5.41, 5.74) is 1.40. The lowest BCUT2D eigenvalue weighted by Crippen LogP contribution is -1.81. The smallest absolute Gasteiger partial charge is 0.160 e. The molecule has 3 heteroatoms. The highest BCUT2D eigenvalue weighted by Gasteiger charge is 2.03. The van der Waals surface area contributed by atoms with Gasteiger partial charge in [0.05, 0.1) is 4.88 Å². The number of hydrogen-bond donors (Lipinski definition) is 0. The van der Waals surface area contributed by atoms with Gasteiger partial charge in [-0.05, 0) is 12.5 Å². The number of thiophene rings is 1. The zero-order valence-electron chi connectivity index (χ0n) is 5.46. The lowest BCUT2D eigenvalue weighted by molar-refractivity contribution is 0.112. The van der Waals surface area contributed by atoms with Gasteiger partial charge in [-0.15, -0.1) is 11.3 Å². The Morgan fingerprint density at radius 3 is 2.40 bits per heavy atom. The van der Waals surface area contributed by atoms with E-state index in [2.05, 4.69) is 0 Å². The summed E-state index contributed by atoms with van der Waals surface area (Å²) < 4.78 is 0.